The summed E-state index contributed by atoms with van der Waals surface area (Å²) >= 11 is 0. The van der Waals surface area contributed by atoms with E-state index in [0.29, 0.717) is 35.4 Å². The average molecular weight is 474 g/mol. The van der Waals surface area contributed by atoms with Crippen LogP contribution in [0.15, 0.2) is 59.7 Å². The van der Waals surface area contributed by atoms with E-state index in [1.165, 1.54) is 0 Å². The second kappa shape index (κ2) is 8.50. The predicted molar refractivity (Wildman–Crippen MR) is 133 cm³/mol. The van der Waals surface area contributed by atoms with Crippen molar-refractivity contribution in [3.63, 3.8) is 0 Å². The standard InChI is InChI=1S/C26H24FN5O3/c1-26(2,3)35-25(34)32-11-9-16-12-17(4-7-21(16)32)22-29-14-20(27)23(31-22)30-18-5-6-19-15(13-18)8-10-28-24(19)33/h4-8,10,12-14H,9,11H2,1-3H3,(H,28,33)(H,29,30,31). The first-order valence-corrected chi connectivity index (χ1v) is 11.2. The number of fused-ring (bicyclic) bond motifs is 2. The van der Waals surface area contributed by atoms with E-state index in [4.69, 9.17) is 4.74 Å². The number of pyridine rings is 1. The molecule has 0 aliphatic carbocycles. The highest BCUT2D eigenvalue weighted by molar-refractivity contribution is 5.91. The number of aromatic amines is 1. The number of hydrogen-bond acceptors (Lipinski definition) is 6. The van der Waals surface area contributed by atoms with E-state index < -0.39 is 11.4 Å². The number of nitrogens with one attached hydrogen (secondary N) is 2. The number of carbonyl (C=O) groups excluding carboxylic acids is 1. The van der Waals surface area contributed by atoms with Gasteiger partial charge in [0.15, 0.2) is 17.5 Å². The van der Waals surface area contributed by atoms with Crippen molar-refractivity contribution >= 4 is 34.1 Å². The smallest absolute Gasteiger partial charge is 0.414 e. The van der Waals surface area contributed by atoms with Crippen LogP contribution in [0.3, 0.4) is 0 Å². The molecule has 4 aromatic rings. The van der Waals surface area contributed by atoms with Gasteiger partial charge in [0.2, 0.25) is 0 Å². The third kappa shape index (κ3) is 4.57. The number of aromatic nitrogens is 3. The Kier molecular flexibility index (Phi) is 5.47. The number of benzene rings is 2. The fourth-order valence-corrected chi connectivity index (χ4v) is 4.05. The molecule has 1 amide bonds. The number of H-pyrrole nitrogens is 1. The quantitative estimate of drug-likeness (QED) is 0.426. The summed E-state index contributed by atoms with van der Waals surface area (Å²) in [5, 5.41) is 4.25. The van der Waals surface area contributed by atoms with Crippen LogP contribution in [0.4, 0.5) is 26.4 Å². The molecule has 0 radical (unpaired) electrons. The van der Waals surface area contributed by atoms with Crippen LogP contribution in [0.25, 0.3) is 22.2 Å². The highest BCUT2D eigenvalue weighted by atomic mass is 19.1. The molecule has 2 N–H and O–H groups in total. The van der Waals surface area contributed by atoms with Gasteiger partial charge in [-0.2, -0.15) is 0 Å². The molecule has 0 fully saturated rings. The number of anilines is 3. The van der Waals surface area contributed by atoms with Gasteiger partial charge in [-0.05, 0) is 80.6 Å². The van der Waals surface area contributed by atoms with E-state index >= 15 is 0 Å². The minimum atomic E-state index is -0.600. The molecule has 2 aromatic carbocycles. The molecular weight excluding hydrogens is 449 g/mol. The van der Waals surface area contributed by atoms with Crippen LogP contribution in [0.1, 0.15) is 26.3 Å². The summed E-state index contributed by atoms with van der Waals surface area (Å²) in [4.78, 5) is 37.3. The highest BCUT2D eigenvalue weighted by Gasteiger charge is 2.29. The fraction of sp³-hybridized carbons (Fsp3) is 0.231. The van der Waals surface area contributed by atoms with Crippen molar-refractivity contribution in [3.8, 4) is 11.4 Å². The van der Waals surface area contributed by atoms with E-state index in [0.717, 1.165) is 22.8 Å². The number of carbonyl (C=O) groups is 1. The number of nitrogens with zero attached hydrogens (tertiary/aromatic N) is 3. The minimum absolute atomic E-state index is 0.0232. The van der Waals surface area contributed by atoms with Gasteiger partial charge >= 0.3 is 6.09 Å². The van der Waals surface area contributed by atoms with Crippen LogP contribution in [-0.2, 0) is 11.2 Å². The third-order valence-electron chi connectivity index (χ3n) is 5.63. The zero-order valence-corrected chi connectivity index (χ0v) is 19.6. The largest absolute Gasteiger partial charge is 0.443 e. The Morgan fingerprint density at radius 3 is 2.80 bits per heavy atom. The Balaban J connectivity index is 1.41. The number of halogens is 1. The molecule has 0 atom stereocenters. The molecule has 2 aromatic heterocycles. The van der Waals surface area contributed by atoms with Gasteiger partial charge in [-0.3, -0.25) is 9.69 Å². The monoisotopic (exact) mass is 473 g/mol. The van der Waals surface area contributed by atoms with Gasteiger partial charge in [-0.25, -0.2) is 19.2 Å². The molecule has 1 aliphatic rings. The Labute approximate surface area is 200 Å². The number of ether oxygens (including phenoxy) is 1. The van der Waals surface area contributed by atoms with Crippen LogP contribution in [0.2, 0.25) is 0 Å². The maximum atomic E-state index is 14.5. The normalized spacial score (nSPS) is 13.1. The van der Waals surface area contributed by atoms with E-state index in [1.807, 2.05) is 32.9 Å². The zero-order valence-electron chi connectivity index (χ0n) is 19.6. The fourth-order valence-electron chi connectivity index (χ4n) is 4.05. The van der Waals surface area contributed by atoms with Crippen LogP contribution in [-0.4, -0.2) is 33.2 Å². The Morgan fingerprint density at radius 1 is 1.17 bits per heavy atom. The van der Waals surface area contributed by atoms with Gasteiger partial charge in [0.25, 0.3) is 5.56 Å². The molecule has 0 unspecified atom stereocenters. The molecular formula is C26H24FN5O3. The van der Waals surface area contributed by atoms with Crippen molar-refractivity contribution in [2.24, 2.45) is 0 Å². The summed E-state index contributed by atoms with van der Waals surface area (Å²) < 4.78 is 20.0. The van der Waals surface area contributed by atoms with Gasteiger partial charge in [-0.15, -0.1) is 0 Å². The maximum absolute atomic E-state index is 14.5. The summed E-state index contributed by atoms with van der Waals surface area (Å²) in [6, 6.07) is 12.5. The van der Waals surface area contributed by atoms with Crippen LogP contribution in [0.5, 0.6) is 0 Å². The van der Waals surface area contributed by atoms with Crippen LogP contribution in [0, 0.1) is 5.82 Å². The summed E-state index contributed by atoms with van der Waals surface area (Å²) in [5.41, 5.74) is 2.29. The lowest BCUT2D eigenvalue weighted by molar-refractivity contribution is 0.0584. The molecule has 0 saturated heterocycles. The Hall–Kier alpha value is -4.27. The van der Waals surface area contributed by atoms with Gasteiger partial charge in [0.05, 0.1) is 11.9 Å². The average Bonchev–Trinajstić information content (AvgIpc) is 3.23. The lowest BCUT2D eigenvalue weighted by atomic mass is 10.1. The molecule has 5 rings (SSSR count). The molecule has 1 aliphatic heterocycles. The van der Waals surface area contributed by atoms with Gasteiger partial charge < -0.3 is 15.0 Å². The van der Waals surface area contributed by atoms with Crippen molar-refractivity contribution in [1.29, 1.82) is 0 Å². The van der Waals surface area contributed by atoms with Gasteiger partial charge in [0, 0.05) is 29.4 Å². The summed E-state index contributed by atoms with van der Waals surface area (Å²) in [7, 11) is 0. The summed E-state index contributed by atoms with van der Waals surface area (Å²) in [6.07, 6.45) is 2.97. The number of amides is 1. The van der Waals surface area contributed by atoms with Crippen molar-refractivity contribution in [2.75, 3.05) is 16.8 Å². The van der Waals surface area contributed by atoms with Crippen molar-refractivity contribution in [2.45, 2.75) is 32.8 Å². The number of hydrogen-bond donors (Lipinski definition) is 2. The molecule has 0 bridgehead atoms. The van der Waals surface area contributed by atoms with E-state index in [-0.39, 0.29) is 17.5 Å². The SMILES string of the molecule is CC(C)(C)OC(=O)N1CCc2cc(-c3ncc(F)c(Nc4ccc5c(=O)[nH]ccc5c4)n3)ccc21. The van der Waals surface area contributed by atoms with Gasteiger partial charge in [-0.1, -0.05) is 0 Å². The Morgan fingerprint density at radius 2 is 2.00 bits per heavy atom. The number of rotatable bonds is 3. The van der Waals surface area contributed by atoms with E-state index in [1.54, 1.807) is 41.4 Å². The van der Waals surface area contributed by atoms with E-state index in [9.17, 15) is 14.0 Å². The van der Waals surface area contributed by atoms with Crippen LogP contribution >= 0.6 is 0 Å². The molecule has 0 saturated carbocycles. The second-order valence-corrected chi connectivity index (χ2v) is 9.35. The summed E-state index contributed by atoms with van der Waals surface area (Å²) in [5.74, 6) is -0.225. The highest BCUT2D eigenvalue weighted by Crippen LogP contribution is 2.33. The molecule has 0 spiro atoms. The lowest BCUT2D eigenvalue weighted by Crippen LogP contribution is -2.35. The first-order chi connectivity index (χ1) is 16.7. The van der Waals surface area contributed by atoms with E-state index in [2.05, 4.69) is 20.3 Å². The van der Waals surface area contributed by atoms with Crippen molar-refractivity contribution in [1.82, 2.24) is 15.0 Å². The molecule has 9 heteroatoms. The summed E-state index contributed by atoms with van der Waals surface area (Å²) in [6.45, 7) is 6.02. The minimum Gasteiger partial charge on any atom is -0.443 e. The zero-order chi connectivity index (χ0) is 24.7. The van der Waals surface area contributed by atoms with Crippen molar-refractivity contribution in [3.05, 3.63) is 76.6 Å². The van der Waals surface area contributed by atoms with Gasteiger partial charge in [0.1, 0.15) is 5.60 Å². The third-order valence-corrected chi connectivity index (χ3v) is 5.63. The molecule has 178 valence electrons. The maximum Gasteiger partial charge on any atom is 0.414 e. The molecule has 3 heterocycles. The first-order valence-electron chi connectivity index (χ1n) is 11.2. The van der Waals surface area contributed by atoms with Crippen LogP contribution < -0.4 is 15.8 Å². The Bertz CT molecular complexity index is 1510. The molecule has 8 nitrogen and oxygen atoms in total. The second-order valence-electron chi connectivity index (χ2n) is 9.35. The first kappa shape index (κ1) is 22.5. The molecule has 35 heavy (non-hydrogen) atoms. The predicted octanol–water partition coefficient (Wildman–Crippen LogP) is 5.17. The van der Waals surface area contributed by atoms with Crippen molar-refractivity contribution < 1.29 is 13.9 Å². The topological polar surface area (TPSA) is 100 Å². The lowest BCUT2D eigenvalue weighted by Gasteiger charge is -2.24.